The Labute approximate surface area is 140 Å². The van der Waals surface area contributed by atoms with Crippen molar-refractivity contribution in [3.63, 3.8) is 0 Å². The summed E-state index contributed by atoms with van der Waals surface area (Å²) in [5.74, 6) is -1.22. The summed E-state index contributed by atoms with van der Waals surface area (Å²) < 4.78 is 31.0. The molecule has 0 fully saturated rings. The first kappa shape index (κ1) is 19.7. The number of ether oxygens (including phenoxy) is 1. The molecule has 0 radical (unpaired) electrons. The molecule has 1 atom stereocenters. The Bertz CT molecular complexity index is 672. The third kappa shape index (κ3) is 6.42. The van der Waals surface area contributed by atoms with Gasteiger partial charge in [-0.1, -0.05) is 18.5 Å². The molecule has 0 aliphatic carbocycles. The van der Waals surface area contributed by atoms with E-state index >= 15 is 0 Å². The first-order valence-electron chi connectivity index (χ1n) is 7.22. The van der Waals surface area contributed by atoms with Crippen LogP contribution in [0.5, 0.6) is 5.75 Å². The summed E-state index contributed by atoms with van der Waals surface area (Å²) >= 11 is 0. The van der Waals surface area contributed by atoms with E-state index in [4.69, 9.17) is 20.8 Å². The molecule has 0 unspecified atom stereocenters. The van der Waals surface area contributed by atoms with E-state index in [9.17, 15) is 13.2 Å². The first-order valence-corrected chi connectivity index (χ1v) is 8.88. The van der Waals surface area contributed by atoms with Crippen LogP contribution in [-0.4, -0.2) is 48.9 Å². The monoisotopic (exact) mass is 359 g/mol. The van der Waals surface area contributed by atoms with E-state index in [1.54, 1.807) is 0 Å². The zero-order valence-corrected chi connectivity index (χ0v) is 14.0. The molecule has 0 aromatic heterocycles. The van der Waals surface area contributed by atoms with Crippen LogP contribution < -0.4 is 15.2 Å². The average Bonchev–Trinajstić information content (AvgIpc) is 2.56. The van der Waals surface area contributed by atoms with E-state index in [2.05, 4.69) is 9.88 Å². The molecule has 0 bridgehead atoms. The summed E-state index contributed by atoms with van der Waals surface area (Å²) in [5.41, 5.74) is 5.88. The van der Waals surface area contributed by atoms with Crippen molar-refractivity contribution in [2.45, 2.75) is 25.8 Å². The number of carboxylic acid groups (broad SMARTS) is 1. The maximum absolute atomic E-state index is 11.8. The standard InChI is InChI=1S/C14H21N3O6S/c1-2-3-8-24(21,22)17-12(14(18)19)9-23-11-6-4-10(5-7-11)13(15)16-20/h4-7,12,17,20H,2-3,8-9H2,1H3,(H2,15,16)(H,18,19)/t12-/m0/s1. The van der Waals surface area contributed by atoms with Gasteiger partial charge in [-0.3, -0.25) is 4.79 Å². The highest BCUT2D eigenvalue weighted by molar-refractivity contribution is 7.89. The zero-order valence-electron chi connectivity index (χ0n) is 13.2. The first-order chi connectivity index (χ1) is 11.3. The molecule has 1 aromatic carbocycles. The minimum absolute atomic E-state index is 0.0753. The number of carboxylic acids is 1. The van der Waals surface area contributed by atoms with Crippen LogP contribution in [0.1, 0.15) is 25.3 Å². The van der Waals surface area contributed by atoms with Crippen molar-refractivity contribution in [2.24, 2.45) is 10.9 Å². The Morgan fingerprint density at radius 3 is 2.50 bits per heavy atom. The van der Waals surface area contributed by atoms with Crippen LogP contribution in [0, 0.1) is 0 Å². The minimum Gasteiger partial charge on any atom is -0.491 e. The van der Waals surface area contributed by atoms with Crippen molar-refractivity contribution in [3.05, 3.63) is 29.8 Å². The predicted molar refractivity (Wildman–Crippen MR) is 87.7 cm³/mol. The Hall–Kier alpha value is -2.33. The molecule has 10 heteroatoms. The molecule has 0 saturated heterocycles. The van der Waals surface area contributed by atoms with Gasteiger partial charge in [0.25, 0.3) is 0 Å². The molecule has 0 aliphatic rings. The highest BCUT2D eigenvalue weighted by Crippen LogP contribution is 2.12. The van der Waals surface area contributed by atoms with Crippen LogP contribution in [0.3, 0.4) is 0 Å². The zero-order chi connectivity index (χ0) is 18.2. The minimum atomic E-state index is -3.68. The number of unbranched alkanes of at least 4 members (excludes halogenated alkanes) is 1. The number of sulfonamides is 1. The average molecular weight is 359 g/mol. The predicted octanol–water partition coefficient (Wildman–Crippen LogP) is 0.333. The van der Waals surface area contributed by atoms with Gasteiger partial charge in [0.15, 0.2) is 11.9 Å². The molecular weight excluding hydrogens is 338 g/mol. The number of nitrogens with one attached hydrogen (secondary N) is 1. The Balaban J connectivity index is 2.68. The van der Waals surface area contributed by atoms with Crippen molar-refractivity contribution < 1.29 is 28.3 Å². The highest BCUT2D eigenvalue weighted by Gasteiger charge is 2.24. The summed E-state index contributed by atoms with van der Waals surface area (Å²) in [4.78, 5) is 11.2. The van der Waals surface area contributed by atoms with Gasteiger partial charge in [0.2, 0.25) is 10.0 Å². The summed E-state index contributed by atoms with van der Waals surface area (Å²) in [6.45, 7) is 1.47. The van der Waals surface area contributed by atoms with E-state index in [0.29, 0.717) is 24.2 Å². The number of carbonyl (C=O) groups is 1. The number of amidine groups is 1. The largest absolute Gasteiger partial charge is 0.491 e. The van der Waals surface area contributed by atoms with Gasteiger partial charge in [0.1, 0.15) is 12.4 Å². The SMILES string of the molecule is CCCCS(=O)(=O)N[C@@H](COc1ccc(/C(N)=N\O)cc1)C(=O)O. The van der Waals surface area contributed by atoms with Crippen LogP contribution in [0.2, 0.25) is 0 Å². The Morgan fingerprint density at radius 1 is 1.38 bits per heavy atom. The van der Waals surface area contributed by atoms with Crippen molar-refractivity contribution in [2.75, 3.05) is 12.4 Å². The van der Waals surface area contributed by atoms with Crippen LogP contribution >= 0.6 is 0 Å². The molecule has 5 N–H and O–H groups in total. The van der Waals surface area contributed by atoms with Crippen LogP contribution in [0.25, 0.3) is 0 Å². The van der Waals surface area contributed by atoms with Gasteiger partial charge >= 0.3 is 5.97 Å². The number of nitrogens with zero attached hydrogens (tertiary/aromatic N) is 1. The number of hydrogen-bond donors (Lipinski definition) is 4. The van der Waals surface area contributed by atoms with Gasteiger partial charge in [0.05, 0.1) is 5.75 Å². The van der Waals surface area contributed by atoms with Gasteiger partial charge in [-0.15, -0.1) is 0 Å². The second kappa shape index (κ2) is 9.08. The summed E-state index contributed by atoms with van der Waals surface area (Å²) in [5, 5.41) is 20.5. The summed E-state index contributed by atoms with van der Waals surface area (Å²) in [6, 6.07) is 4.64. The van der Waals surface area contributed by atoms with Gasteiger partial charge in [0, 0.05) is 5.56 Å². The molecule has 0 heterocycles. The molecule has 134 valence electrons. The fourth-order valence-corrected chi connectivity index (χ4v) is 3.11. The van der Waals surface area contributed by atoms with E-state index < -0.39 is 22.0 Å². The molecule has 0 spiro atoms. The number of benzene rings is 1. The topological polar surface area (TPSA) is 151 Å². The number of rotatable bonds is 10. The van der Waals surface area contributed by atoms with Gasteiger partial charge in [-0.2, -0.15) is 4.72 Å². The summed E-state index contributed by atoms with van der Waals surface area (Å²) in [6.07, 6.45) is 1.12. The Kier molecular flexibility index (Phi) is 7.46. The lowest BCUT2D eigenvalue weighted by Crippen LogP contribution is -2.45. The summed E-state index contributed by atoms with van der Waals surface area (Å²) in [7, 11) is -3.68. The quantitative estimate of drug-likeness (QED) is 0.203. The van der Waals surface area contributed by atoms with E-state index in [1.807, 2.05) is 6.92 Å². The number of hydrogen-bond acceptors (Lipinski definition) is 6. The highest BCUT2D eigenvalue weighted by atomic mass is 32.2. The van der Waals surface area contributed by atoms with Crippen molar-refractivity contribution in [3.8, 4) is 5.75 Å². The van der Waals surface area contributed by atoms with Crippen molar-refractivity contribution >= 4 is 21.8 Å². The number of nitrogens with two attached hydrogens (primary N) is 1. The Morgan fingerprint density at radius 2 is 2.00 bits per heavy atom. The van der Waals surface area contributed by atoms with Gasteiger partial charge in [-0.05, 0) is 30.7 Å². The normalized spacial score (nSPS) is 13.5. The molecule has 0 aliphatic heterocycles. The molecule has 1 aromatic rings. The van der Waals surface area contributed by atoms with E-state index in [1.165, 1.54) is 24.3 Å². The molecule has 24 heavy (non-hydrogen) atoms. The maximum atomic E-state index is 11.8. The third-order valence-electron chi connectivity index (χ3n) is 3.06. The van der Waals surface area contributed by atoms with E-state index in [0.717, 1.165) is 0 Å². The lowest BCUT2D eigenvalue weighted by atomic mass is 10.2. The molecule has 9 nitrogen and oxygen atoms in total. The fourth-order valence-electron chi connectivity index (χ4n) is 1.72. The second-order valence-electron chi connectivity index (χ2n) is 5.00. The maximum Gasteiger partial charge on any atom is 0.325 e. The smallest absolute Gasteiger partial charge is 0.325 e. The van der Waals surface area contributed by atoms with Crippen LogP contribution in [0.15, 0.2) is 29.4 Å². The van der Waals surface area contributed by atoms with Crippen molar-refractivity contribution in [1.29, 1.82) is 0 Å². The van der Waals surface area contributed by atoms with Crippen LogP contribution in [0.4, 0.5) is 0 Å². The lowest BCUT2D eigenvalue weighted by Gasteiger charge is -2.15. The van der Waals surface area contributed by atoms with Crippen LogP contribution in [-0.2, 0) is 14.8 Å². The van der Waals surface area contributed by atoms with Crippen molar-refractivity contribution in [1.82, 2.24) is 4.72 Å². The number of oxime groups is 1. The number of aliphatic carboxylic acids is 1. The molecule has 0 saturated carbocycles. The molecule has 1 rings (SSSR count). The molecular formula is C14H21N3O6S. The fraction of sp³-hybridized carbons (Fsp3) is 0.429. The third-order valence-corrected chi connectivity index (χ3v) is 4.53. The van der Waals surface area contributed by atoms with E-state index in [-0.39, 0.29) is 18.2 Å². The van der Waals surface area contributed by atoms with Gasteiger partial charge < -0.3 is 20.8 Å². The van der Waals surface area contributed by atoms with Gasteiger partial charge in [-0.25, -0.2) is 8.42 Å². The second-order valence-corrected chi connectivity index (χ2v) is 6.88. The lowest BCUT2D eigenvalue weighted by molar-refractivity contribution is -0.139. The molecule has 0 amide bonds.